The van der Waals surface area contributed by atoms with Gasteiger partial charge in [0.1, 0.15) is 0 Å². The van der Waals surface area contributed by atoms with Crippen LogP contribution in [0.5, 0.6) is 0 Å². The number of hydrogen-bond donors (Lipinski definition) is 2. The molecule has 1 aliphatic carbocycles. The number of nitrogens with zero attached hydrogens (tertiary/aromatic N) is 3. The molecule has 2 aliphatic rings. The molecule has 1 heterocycles. The van der Waals surface area contributed by atoms with Crippen molar-refractivity contribution in [1.82, 2.24) is 10.2 Å². The van der Waals surface area contributed by atoms with Gasteiger partial charge in [-0.15, -0.1) is 0 Å². The summed E-state index contributed by atoms with van der Waals surface area (Å²) in [7, 11) is 0. The molecule has 132 valence electrons. The lowest BCUT2D eigenvalue weighted by molar-refractivity contribution is 0.201. The molecule has 5 heteroatoms. The summed E-state index contributed by atoms with van der Waals surface area (Å²) < 4.78 is 0. The fourth-order valence-corrected chi connectivity index (χ4v) is 3.41. The van der Waals surface area contributed by atoms with Crippen molar-refractivity contribution in [3.8, 4) is 0 Å². The van der Waals surface area contributed by atoms with Crippen LogP contribution in [-0.4, -0.2) is 56.2 Å². The molecule has 1 aromatic carbocycles. The molecule has 2 fully saturated rings. The highest BCUT2D eigenvalue weighted by atomic mass is 15.3. The Morgan fingerprint density at radius 2 is 1.92 bits per heavy atom. The number of piperazine rings is 1. The van der Waals surface area contributed by atoms with Crippen molar-refractivity contribution >= 4 is 11.6 Å². The number of hydrogen-bond acceptors (Lipinski definition) is 3. The molecule has 0 amide bonds. The normalized spacial score (nSPS) is 21.4. The van der Waals surface area contributed by atoms with Gasteiger partial charge >= 0.3 is 0 Å². The van der Waals surface area contributed by atoms with Gasteiger partial charge in [0.15, 0.2) is 5.96 Å². The maximum Gasteiger partial charge on any atom is 0.188 e. The predicted octanol–water partition coefficient (Wildman–Crippen LogP) is 1.90. The van der Waals surface area contributed by atoms with Crippen LogP contribution in [0.2, 0.25) is 0 Å². The van der Waals surface area contributed by atoms with Gasteiger partial charge in [-0.1, -0.05) is 24.6 Å². The molecule has 0 aromatic heterocycles. The molecular formula is C19H31N5. The first-order chi connectivity index (χ1) is 11.7. The van der Waals surface area contributed by atoms with Crippen molar-refractivity contribution in [3.63, 3.8) is 0 Å². The Labute approximate surface area is 145 Å². The molecule has 24 heavy (non-hydrogen) atoms. The number of benzene rings is 1. The van der Waals surface area contributed by atoms with Gasteiger partial charge in [0, 0.05) is 44.5 Å². The van der Waals surface area contributed by atoms with Gasteiger partial charge in [0.05, 0.1) is 6.54 Å². The summed E-state index contributed by atoms with van der Waals surface area (Å²) in [5.74, 6) is 1.42. The smallest absolute Gasteiger partial charge is 0.188 e. The van der Waals surface area contributed by atoms with Crippen molar-refractivity contribution in [3.05, 3.63) is 30.3 Å². The fraction of sp³-hybridized carbons (Fsp3) is 0.632. The Kier molecular flexibility index (Phi) is 5.96. The van der Waals surface area contributed by atoms with Gasteiger partial charge in [0.25, 0.3) is 0 Å². The molecule has 1 atom stereocenters. The van der Waals surface area contributed by atoms with E-state index in [1.54, 1.807) is 0 Å². The van der Waals surface area contributed by atoms with E-state index in [0.717, 1.165) is 45.2 Å². The average Bonchev–Trinajstić information content (AvgIpc) is 2.59. The molecule has 0 spiro atoms. The fourth-order valence-electron chi connectivity index (χ4n) is 3.41. The van der Waals surface area contributed by atoms with E-state index in [2.05, 4.69) is 57.4 Å². The standard InChI is InChI=1S/C19H31N5/c1-16(14-21-19(20)22-15-17-6-5-7-17)23-10-12-24(13-11-23)18-8-3-2-4-9-18/h2-4,8-9,16-17H,5-7,10-15H2,1H3,(H3,20,21,22). The molecule has 0 bridgehead atoms. The minimum atomic E-state index is 0.437. The first-order valence-corrected chi connectivity index (χ1v) is 9.30. The first kappa shape index (κ1) is 17.1. The molecule has 1 saturated carbocycles. The van der Waals surface area contributed by atoms with Crippen LogP contribution in [0, 0.1) is 5.92 Å². The van der Waals surface area contributed by atoms with E-state index in [1.165, 1.54) is 24.9 Å². The number of aliphatic imine (C=N–C) groups is 1. The molecule has 3 rings (SSSR count). The molecule has 1 saturated heterocycles. The van der Waals surface area contributed by atoms with Gasteiger partial charge in [0.2, 0.25) is 0 Å². The van der Waals surface area contributed by atoms with E-state index in [-0.39, 0.29) is 0 Å². The molecule has 0 radical (unpaired) electrons. The van der Waals surface area contributed by atoms with Gasteiger partial charge < -0.3 is 16.0 Å². The molecule has 5 nitrogen and oxygen atoms in total. The van der Waals surface area contributed by atoms with E-state index in [9.17, 15) is 0 Å². The number of anilines is 1. The van der Waals surface area contributed by atoms with Crippen LogP contribution in [0.3, 0.4) is 0 Å². The second-order valence-electron chi connectivity index (χ2n) is 7.11. The predicted molar refractivity (Wildman–Crippen MR) is 102 cm³/mol. The Bertz CT molecular complexity index is 518. The summed E-state index contributed by atoms with van der Waals surface area (Å²) in [6, 6.07) is 11.1. The lowest BCUT2D eigenvalue weighted by Gasteiger charge is -2.38. The van der Waals surface area contributed by atoms with Crippen molar-refractivity contribution in [1.29, 1.82) is 0 Å². The lowest BCUT2D eigenvalue weighted by Crippen LogP contribution is -2.50. The topological polar surface area (TPSA) is 56.9 Å². The van der Waals surface area contributed by atoms with E-state index in [1.807, 2.05) is 0 Å². The van der Waals surface area contributed by atoms with E-state index in [4.69, 9.17) is 5.73 Å². The minimum absolute atomic E-state index is 0.437. The quantitative estimate of drug-likeness (QED) is 0.618. The Morgan fingerprint density at radius 1 is 1.21 bits per heavy atom. The number of para-hydroxylation sites is 1. The SMILES string of the molecule is CC(CN=C(N)NCC1CCC1)N1CCN(c2ccccc2)CC1. The van der Waals surface area contributed by atoms with Gasteiger partial charge in [-0.05, 0) is 37.8 Å². The first-order valence-electron chi connectivity index (χ1n) is 9.30. The summed E-state index contributed by atoms with van der Waals surface area (Å²) in [6.07, 6.45) is 4.04. The van der Waals surface area contributed by atoms with Crippen LogP contribution in [0.4, 0.5) is 5.69 Å². The van der Waals surface area contributed by atoms with Gasteiger partial charge in [-0.3, -0.25) is 9.89 Å². The molecule has 3 N–H and O–H groups in total. The summed E-state index contributed by atoms with van der Waals surface area (Å²) in [4.78, 5) is 9.51. The van der Waals surface area contributed by atoms with Gasteiger partial charge in [-0.2, -0.15) is 0 Å². The van der Waals surface area contributed by atoms with Crippen LogP contribution in [0.15, 0.2) is 35.3 Å². The second kappa shape index (κ2) is 8.38. The van der Waals surface area contributed by atoms with E-state index >= 15 is 0 Å². The third kappa shape index (κ3) is 4.63. The zero-order valence-electron chi connectivity index (χ0n) is 14.8. The highest BCUT2D eigenvalue weighted by Gasteiger charge is 2.21. The summed E-state index contributed by atoms with van der Waals surface area (Å²) >= 11 is 0. The molecular weight excluding hydrogens is 298 g/mol. The van der Waals surface area contributed by atoms with E-state index < -0.39 is 0 Å². The van der Waals surface area contributed by atoms with Crippen molar-refractivity contribution in [2.24, 2.45) is 16.6 Å². The van der Waals surface area contributed by atoms with Crippen LogP contribution in [-0.2, 0) is 0 Å². The second-order valence-corrected chi connectivity index (χ2v) is 7.11. The zero-order chi connectivity index (χ0) is 16.8. The summed E-state index contributed by atoms with van der Waals surface area (Å²) in [5, 5.41) is 3.27. The van der Waals surface area contributed by atoms with E-state index in [0.29, 0.717) is 12.0 Å². The number of rotatable bonds is 6. The lowest BCUT2D eigenvalue weighted by atomic mass is 9.85. The number of guanidine groups is 1. The Morgan fingerprint density at radius 3 is 2.54 bits per heavy atom. The van der Waals surface area contributed by atoms with Crippen LogP contribution < -0.4 is 16.0 Å². The van der Waals surface area contributed by atoms with Crippen molar-refractivity contribution in [2.75, 3.05) is 44.2 Å². The maximum atomic E-state index is 5.99. The van der Waals surface area contributed by atoms with Crippen molar-refractivity contribution in [2.45, 2.75) is 32.2 Å². The molecule has 1 aliphatic heterocycles. The molecule has 1 aromatic rings. The minimum Gasteiger partial charge on any atom is -0.370 e. The maximum absolute atomic E-state index is 5.99. The van der Waals surface area contributed by atoms with Crippen LogP contribution in [0.1, 0.15) is 26.2 Å². The third-order valence-corrected chi connectivity index (χ3v) is 5.38. The number of nitrogens with two attached hydrogens (primary N) is 1. The van der Waals surface area contributed by atoms with Crippen molar-refractivity contribution < 1.29 is 0 Å². The largest absolute Gasteiger partial charge is 0.370 e. The van der Waals surface area contributed by atoms with Crippen LogP contribution >= 0.6 is 0 Å². The monoisotopic (exact) mass is 329 g/mol. The zero-order valence-corrected chi connectivity index (χ0v) is 14.8. The third-order valence-electron chi connectivity index (χ3n) is 5.38. The Hall–Kier alpha value is -1.75. The highest BCUT2D eigenvalue weighted by molar-refractivity contribution is 5.77. The highest BCUT2D eigenvalue weighted by Crippen LogP contribution is 2.25. The van der Waals surface area contributed by atoms with Crippen LogP contribution in [0.25, 0.3) is 0 Å². The van der Waals surface area contributed by atoms with Gasteiger partial charge in [-0.25, -0.2) is 0 Å². The number of nitrogens with one attached hydrogen (secondary N) is 1. The summed E-state index contributed by atoms with van der Waals surface area (Å²) in [6.45, 7) is 8.33. The summed E-state index contributed by atoms with van der Waals surface area (Å²) in [5.41, 5.74) is 7.31. The Balaban J connectivity index is 1.39. The molecule has 1 unspecified atom stereocenters. The average molecular weight is 329 g/mol.